The molecule has 0 saturated heterocycles. The van der Waals surface area contributed by atoms with Gasteiger partial charge in [0.25, 0.3) is 0 Å². The minimum atomic E-state index is -0.196. The minimum Gasteiger partial charge on any atom is -0.497 e. The predicted octanol–water partition coefficient (Wildman–Crippen LogP) is 1.35. The van der Waals surface area contributed by atoms with E-state index < -0.39 is 0 Å². The van der Waals surface area contributed by atoms with Gasteiger partial charge in [0.2, 0.25) is 0 Å². The third-order valence-corrected chi connectivity index (χ3v) is 2.20. The molecular formula is C12H17NO3. The van der Waals surface area contributed by atoms with Gasteiger partial charge in [-0.2, -0.15) is 0 Å². The van der Waals surface area contributed by atoms with Gasteiger partial charge in [0.15, 0.2) is 0 Å². The van der Waals surface area contributed by atoms with Crippen LogP contribution >= 0.6 is 0 Å². The number of ether oxygens (including phenoxy) is 2. The van der Waals surface area contributed by atoms with Crippen molar-refractivity contribution >= 4 is 5.97 Å². The van der Waals surface area contributed by atoms with Crippen molar-refractivity contribution < 1.29 is 14.3 Å². The van der Waals surface area contributed by atoms with Crippen LogP contribution in [0.25, 0.3) is 0 Å². The number of methoxy groups -OCH3 is 2. The summed E-state index contributed by atoms with van der Waals surface area (Å²) in [6.45, 7) is 1.33. The zero-order valence-corrected chi connectivity index (χ0v) is 9.66. The van der Waals surface area contributed by atoms with Crippen LogP contribution in [0.1, 0.15) is 12.0 Å². The van der Waals surface area contributed by atoms with Crippen molar-refractivity contribution in [2.75, 3.05) is 20.8 Å². The first-order valence-electron chi connectivity index (χ1n) is 5.16. The molecular weight excluding hydrogens is 206 g/mol. The van der Waals surface area contributed by atoms with Crippen LogP contribution in [0, 0.1) is 0 Å². The fourth-order valence-electron chi connectivity index (χ4n) is 1.31. The van der Waals surface area contributed by atoms with Crippen molar-refractivity contribution in [2.24, 2.45) is 0 Å². The quantitative estimate of drug-likeness (QED) is 0.584. The molecule has 0 saturated carbocycles. The maximum atomic E-state index is 10.8. The van der Waals surface area contributed by atoms with E-state index in [2.05, 4.69) is 10.1 Å². The lowest BCUT2D eigenvalue weighted by Gasteiger charge is -2.06. The van der Waals surface area contributed by atoms with Gasteiger partial charge < -0.3 is 14.8 Å². The van der Waals surface area contributed by atoms with Crippen LogP contribution in [0.15, 0.2) is 24.3 Å². The highest BCUT2D eigenvalue weighted by Crippen LogP contribution is 2.11. The van der Waals surface area contributed by atoms with Gasteiger partial charge >= 0.3 is 5.97 Å². The maximum Gasteiger partial charge on any atom is 0.306 e. The largest absolute Gasteiger partial charge is 0.497 e. The van der Waals surface area contributed by atoms with E-state index in [1.54, 1.807) is 7.11 Å². The molecule has 4 nitrogen and oxygen atoms in total. The lowest BCUT2D eigenvalue weighted by Crippen LogP contribution is -2.18. The monoisotopic (exact) mass is 223 g/mol. The summed E-state index contributed by atoms with van der Waals surface area (Å²) in [5.74, 6) is 0.644. The molecule has 0 aliphatic carbocycles. The summed E-state index contributed by atoms with van der Waals surface area (Å²) in [4.78, 5) is 10.8. The van der Waals surface area contributed by atoms with E-state index >= 15 is 0 Å². The van der Waals surface area contributed by atoms with Gasteiger partial charge in [-0.25, -0.2) is 0 Å². The van der Waals surface area contributed by atoms with E-state index in [4.69, 9.17) is 4.74 Å². The molecule has 1 N–H and O–H groups in total. The molecule has 1 rings (SSSR count). The highest BCUT2D eigenvalue weighted by atomic mass is 16.5. The molecule has 1 aromatic rings. The second kappa shape index (κ2) is 6.85. The molecule has 0 aliphatic heterocycles. The zero-order chi connectivity index (χ0) is 11.8. The van der Waals surface area contributed by atoms with Crippen molar-refractivity contribution in [1.29, 1.82) is 0 Å². The van der Waals surface area contributed by atoms with Crippen LogP contribution < -0.4 is 10.1 Å². The van der Waals surface area contributed by atoms with E-state index in [9.17, 15) is 4.79 Å². The second-order valence-electron chi connectivity index (χ2n) is 3.35. The Morgan fingerprint density at radius 2 is 2.19 bits per heavy atom. The molecule has 88 valence electrons. The topological polar surface area (TPSA) is 47.6 Å². The zero-order valence-electron chi connectivity index (χ0n) is 9.66. The molecule has 0 heterocycles. The third-order valence-electron chi connectivity index (χ3n) is 2.20. The molecule has 4 heteroatoms. The summed E-state index contributed by atoms with van der Waals surface area (Å²) < 4.78 is 9.65. The lowest BCUT2D eigenvalue weighted by molar-refractivity contribution is -0.140. The molecule has 0 radical (unpaired) electrons. The molecule has 0 amide bonds. The van der Waals surface area contributed by atoms with Crippen LogP contribution in [0.5, 0.6) is 5.75 Å². The number of carbonyl (C=O) groups is 1. The van der Waals surface area contributed by atoms with Gasteiger partial charge in [-0.05, 0) is 17.7 Å². The Bertz CT molecular complexity index is 339. The van der Waals surface area contributed by atoms with Gasteiger partial charge in [0, 0.05) is 13.1 Å². The standard InChI is InChI=1S/C12H17NO3/c1-15-11-5-3-4-10(8-11)9-13-7-6-12(14)16-2/h3-5,8,13H,6-7,9H2,1-2H3. The van der Waals surface area contributed by atoms with Gasteiger partial charge in [0.05, 0.1) is 20.6 Å². The molecule has 0 aromatic heterocycles. The molecule has 0 fully saturated rings. The van der Waals surface area contributed by atoms with E-state index in [1.165, 1.54) is 7.11 Å². The maximum absolute atomic E-state index is 10.8. The Morgan fingerprint density at radius 1 is 1.38 bits per heavy atom. The molecule has 16 heavy (non-hydrogen) atoms. The summed E-state index contributed by atoms with van der Waals surface area (Å²) >= 11 is 0. The van der Waals surface area contributed by atoms with Crippen LogP contribution in [0.2, 0.25) is 0 Å². The summed E-state index contributed by atoms with van der Waals surface area (Å²) in [6.07, 6.45) is 0.389. The fraction of sp³-hybridized carbons (Fsp3) is 0.417. The molecule has 0 bridgehead atoms. The molecule has 0 atom stereocenters. The average Bonchev–Trinajstić information content (AvgIpc) is 2.34. The number of hydrogen-bond acceptors (Lipinski definition) is 4. The number of nitrogens with one attached hydrogen (secondary N) is 1. The van der Waals surface area contributed by atoms with Crippen LogP contribution in [-0.2, 0) is 16.1 Å². The minimum absolute atomic E-state index is 0.196. The van der Waals surface area contributed by atoms with E-state index in [0.29, 0.717) is 19.5 Å². The lowest BCUT2D eigenvalue weighted by atomic mass is 10.2. The molecule has 1 aromatic carbocycles. The van der Waals surface area contributed by atoms with Crippen LogP contribution in [0.4, 0.5) is 0 Å². The van der Waals surface area contributed by atoms with Crippen molar-refractivity contribution in [3.63, 3.8) is 0 Å². The molecule has 0 spiro atoms. The number of carbonyl (C=O) groups excluding carboxylic acids is 1. The highest BCUT2D eigenvalue weighted by molar-refractivity contribution is 5.69. The van der Waals surface area contributed by atoms with Gasteiger partial charge in [-0.3, -0.25) is 4.79 Å². The Kier molecular flexibility index (Phi) is 5.36. The van der Waals surface area contributed by atoms with Gasteiger partial charge in [0.1, 0.15) is 5.75 Å². The normalized spacial score (nSPS) is 9.88. The molecule has 0 aliphatic rings. The van der Waals surface area contributed by atoms with Gasteiger partial charge in [-0.15, -0.1) is 0 Å². The second-order valence-corrected chi connectivity index (χ2v) is 3.35. The highest BCUT2D eigenvalue weighted by Gasteiger charge is 1.99. The first-order valence-corrected chi connectivity index (χ1v) is 5.16. The van der Waals surface area contributed by atoms with E-state index in [-0.39, 0.29) is 5.97 Å². The summed E-state index contributed by atoms with van der Waals surface area (Å²) in [7, 11) is 3.04. The van der Waals surface area contributed by atoms with Crippen molar-refractivity contribution in [1.82, 2.24) is 5.32 Å². The Labute approximate surface area is 95.6 Å². The number of hydrogen-bond donors (Lipinski definition) is 1. The van der Waals surface area contributed by atoms with Crippen molar-refractivity contribution in [2.45, 2.75) is 13.0 Å². The average molecular weight is 223 g/mol. The summed E-state index contributed by atoms with van der Waals surface area (Å²) in [5, 5.41) is 3.16. The Morgan fingerprint density at radius 3 is 2.88 bits per heavy atom. The number of benzene rings is 1. The van der Waals surface area contributed by atoms with Crippen LogP contribution in [0.3, 0.4) is 0 Å². The van der Waals surface area contributed by atoms with Crippen LogP contribution in [-0.4, -0.2) is 26.7 Å². The van der Waals surface area contributed by atoms with Crippen molar-refractivity contribution in [3.05, 3.63) is 29.8 Å². The van der Waals surface area contributed by atoms with E-state index in [0.717, 1.165) is 11.3 Å². The first-order chi connectivity index (χ1) is 7.76. The van der Waals surface area contributed by atoms with Gasteiger partial charge in [-0.1, -0.05) is 12.1 Å². The first kappa shape index (κ1) is 12.5. The third kappa shape index (κ3) is 4.31. The number of esters is 1. The van der Waals surface area contributed by atoms with Crippen molar-refractivity contribution in [3.8, 4) is 5.75 Å². The predicted molar refractivity (Wildman–Crippen MR) is 61.3 cm³/mol. The summed E-state index contributed by atoms with van der Waals surface area (Å²) in [5.41, 5.74) is 1.13. The number of rotatable bonds is 6. The SMILES string of the molecule is COC(=O)CCNCc1cccc(OC)c1. The molecule has 0 unspecified atom stereocenters. The smallest absolute Gasteiger partial charge is 0.306 e. The van der Waals surface area contributed by atoms with E-state index in [1.807, 2.05) is 24.3 Å². The Hall–Kier alpha value is -1.55. The Balaban J connectivity index is 2.28. The fourth-order valence-corrected chi connectivity index (χ4v) is 1.31. The summed E-state index contributed by atoms with van der Waals surface area (Å²) in [6, 6.07) is 7.81.